The molecule has 0 radical (unpaired) electrons. The van der Waals surface area contributed by atoms with Crippen LogP contribution in [0.5, 0.6) is 5.75 Å². The SMILES string of the molecule is CC(C)(C)CC(C)(C)c1ccc(OCCCCCCCCCCCCCCCCCCCCO)cc1. The molecule has 1 N–H and O–H groups in total. The third kappa shape index (κ3) is 18.3. The van der Waals surface area contributed by atoms with Crippen LogP contribution in [0.25, 0.3) is 0 Å². The third-order valence-corrected chi connectivity index (χ3v) is 7.43. The molecule has 0 saturated carbocycles. The van der Waals surface area contributed by atoms with Gasteiger partial charge in [-0.2, -0.15) is 0 Å². The Balaban J connectivity index is 1.89. The number of ether oxygens (including phenoxy) is 1. The smallest absolute Gasteiger partial charge is 0.119 e. The lowest BCUT2D eigenvalue weighted by atomic mass is 9.72. The molecule has 0 fully saturated rings. The molecule has 0 amide bonds. The van der Waals surface area contributed by atoms with Crippen molar-refractivity contribution >= 4 is 0 Å². The predicted molar refractivity (Wildman–Crippen MR) is 159 cm³/mol. The largest absolute Gasteiger partial charge is 0.494 e. The van der Waals surface area contributed by atoms with Crippen LogP contribution in [0.15, 0.2) is 24.3 Å². The zero-order valence-electron chi connectivity index (χ0n) is 25.0. The van der Waals surface area contributed by atoms with E-state index in [0.717, 1.165) is 18.8 Å². The van der Waals surface area contributed by atoms with Crippen LogP contribution in [-0.2, 0) is 5.41 Å². The van der Waals surface area contributed by atoms with Gasteiger partial charge in [0.05, 0.1) is 6.61 Å². The highest BCUT2D eigenvalue weighted by Gasteiger charge is 2.27. The van der Waals surface area contributed by atoms with Gasteiger partial charge in [0.25, 0.3) is 0 Å². The van der Waals surface area contributed by atoms with E-state index < -0.39 is 0 Å². The van der Waals surface area contributed by atoms with Crippen LogP contribution in [0.2, 0.25) is 0 Å². The molecule has 0 aliphatic rings. The lowest BCUT2D eigenvalue weighted by molar-refractivity contribution is 0.282. The Labute approximate surface area is 226 Å². The van der Waals surface area contributed by atoms with Gasteiger partial charge >= 0.3 is 0 Å². The van der Waals surface area contributed by atoms with E-state index in [9.17, 15) is 0 Å². The minimum atomic E-state index is 0.193. The first-order valence-corrected chi connectivity index (χ1v) is 15.6. The van der Waals surface area contributed by atoms with Crippen LogP contribution in [0, 0.1) is 5.41 Å². The number of hydrogen-bond acceptors (Lipinski definition) is 2. The van der Waals surface area contributed by atoms with E-state index in [4.69, 9.17) is 9.84 Å². The standard InChI is InChI=1S/C34H62O2/c1-33(2,3)30-34(4,5)31-24-26-32(27-25-31)36-29-23-21-19-17-15-13-11-9-7-6-8-10-12-14-16-18-20-22-28-35/h24-27,35H,6-23,28-30H2,1-5H3. The maximum absolute atomic E-state index is 8.78. The number of benzene rings is 1. The van der Waals surface area contributed by atoms with Crippen molar-refractivity contribution in [3.8, 4) is 5.75 Å². The molecular formula is C34H62O2. The molecule has 0 spiro atoms. The first-order chi connectivity index (χ1) is 17.2. The Morgan fingerprint density at radius 3 is 1.25 bits per heavy atom. The van der Waals surface area contributed by atoms with E-state index >= 15 is 0 Å². The predicted octanol–water partition coefficient (Wildman–Crippen LogP) is 10.8. The molecule has 36 heavy (non-hydrogen) atoms. The van der Waals surface area contributed by atoms with Gasteiger partial charge in [-0.25, -0.2) is 0 Å². The minimum Gasteiger partial charge on any atom is -0.494 e. The van der Waals surface area contributed by atoms with Crippen LogP contribution in [0.1, 0.15) is 162 Å². The molecule has 0 saturated heterocycles. The molecule has 0 unspecified atom stereocenters. The van der Waals surface area contributed by atoms with Crippen molar-refractivity contribution in [3.63, 3.8) is 0 Å². The molecule has 1 aromatic carbocycles. The van der Waals surface area contributed by atoms with Crippen molar-refractivity contribution in [2.45, 2.75) is 162 Å². The normalized spacial score (nSPS) is 12.3. The number of aliphatic hydroxyl groups excluding tert-OH is 1. The zero-order valence-corrected chi connectivity index (χ0v) is 25.0. The Hall–Kier alpha value is -1.02. The van der Waals surface area contributed by atoms with Gasteiger partial charge in [-0.1, -0.05) is 149 Å². The average Bonchev–Trinajstić information content (AvgIpc) is 2.81. The fourth-order valence-electron chi connectivity index (χ4n) is 5.66. The highest BCUT2D eigenvalue weighted by Crippen LogP contribution is 2.36. The summed E-state index contributed by atoms with van der Waals surface area (Å²) in [6, 6.07) is 8.82. The quantitative estimate of drug-likeness (QED) is 0.151. The van der Waals surface area contributed by atoms with Crippen LogP contribution in [0.4, 0.5) is 0 Å². The second kappa shape index (κ2) is 20.0. The molecule has 2 heteroatoms. The topological polar surface area (TPSA) is 29.5 Å². The van der Waals surface area contributed by atoms with E-state index in [1.807, 2.05) is 0 Å². The number of hydrogen-bond donors (Lipinski definition) is 1. The van der Waals surface area contributed by atoms with Gasteiger partial charge in [-0.15, -0.1) is 0 Å². The van der Waals surface area contributed by atoms with Gasteiger partial charge in [0.15, 0.2) is 0 Å². The van der Waals surface area contributed by atoms with Gasteiger partial charge in [-0.05, 0) is 47.8 Å². The van der Waals surface area contributed by atoms with Crippen LogP contribution in [-0.4, -0.2) is 18.3 Å². The Kier molecular flexibility index (Phi) is 18.3. The fraction of sp³-hybridized carbons (Fsp3) is 0.824. The van der Waals surface area contributed by atoms with Crippen LogP contribution in [0.3, 0.4) is 0 Å². The Morgan fingerprint density at radius 2 is 0.889 bits per heavy atom. The average molecular weight is 503 g/mol. The Bertz CT molecular complexity index is 611. The third-order valence-electron chi connectivity index (χ3n) is 7.43. The van der Waals surface area contributed by atoms with Gasteiger partial charge in [0.2, 0.25) is 0 Å². The summed E-state index contributed by atoms with van der Waals surface area (Å²) in [4.78, 5) is 0. The van der Waals surface area contributed by atoms with E-state index in [1.54, 1.807) is 0 Å². The molecular weight excluding hydrogens is 440 g/mol. The van der Waals surface area contributed by atoms with Gasteiger partial charge in [0.1, 0.15) is 5.75 Å². The summed E-state index contributed by atoms with van der Waals surface area (Å²) >= 11 is 0. The molecule has 0 bridgehead atoms. The monoisotopic (exact) mass is 502 g/mol. The van der Waals surface area contributed by atoms with Crippen LogP contribution >= 0.6 is 0 Å². The van der Waals surface area contributed by atoms with Crippen LogP contribution < -0.4 is 4.74 Å². The van der Waals surface area contributed by atoms with Crippen molar-refractivity contribution in [2.24, 2.45) is 5.41 Å². The molecule has 210 valence electrons. The number of rotatable bonds is 23. The first kappa shape index (κ1) is 33.0. The summed E-state index contributed by atoms with van der Waals surface area (Å²) in [5.74, 6) is 1.01. The summed E-state index contributed by atoms with van der Waals surface area (Å²) in [6.07, 6.45) is 25.4. The summed E-state index contributed by atoms with van der Waals surface area (Å²) in [5, 5.41) is 8.78. The summed E-state index contributed by atoms with van der Waals surface area (Å²) < 4.78 is 6.00. The maximum atomic E-state index is 8.78. The second-order valence-corrected chi connectivity index (χ2v) is 13.1. The van der Waals surface area contributed by atoms with E-state index in [1.165, 1.54) is 121 Å². The highest BCUT2D eigenvalue weighted by atomic mass is 16.5. The number of aliphatic hydroxyl groups is 1. The first-order valence-electron chi connectivity index (χ1n) is 15.6. The van der Waals surface area contributed by atoms with Crippen molar-refractivity contribution in [3.05, 3.63) is 29.8 Å². The lowest BCUT2D eigenvalue weighted by Gasteiger charge is -2.33. The molecule has 1 aromatic rings. The molecule has 1 rings (SSSR count). The van der Waals surface area contributed by atoms with E-state index in [-0.39, 0.29) is 5.41 Å². The van der Waals surface area contributed by atoms with Gasteiger partial charge in [0, 0.05) is 6.61 Å². The minimum absolute atomic E-state index is 0.193. The fourth-order valence-corrected chi connectivity index (χ4v) is 5.66. The van der Waals surface area contributed by atoms with Crippen molar-refractivity contribution in [2.75, 3.05) is 13.2 Å². The maximum Gasteiger partial charge on any atom is 0.119 e. The van der Waals surface area contributed by atoms with Gasteiger partial charge < -0.3 is 9.84 Å². The lowest BCUT2D eigenvalue weighted by Crippen LogP contribution is -2.24. The Morgan fingerprint density at radius 1 is 0.528 bits per heavy atom. The van der Waals surface area contributed by atoms with Crippen molar-refractivity contribution in [1.29, 1.82) is 0 Å². The number of unbranched alkanes of at least 4 members (excludes halogenated alkanes) is 17. The van der Waals surface area contributed by atoms with E-state index in [0.29, 0.717) is 12.0 Å². The van der Waals surface area contributed by atoms with E-state index in [2.05, 4.69) is 58.9 Å². The molecule has 2 nitrogen and oxygen atoms in total. The molecule has 0 heterocycles. The zero-order chi connectivity index (χ0) is 26.5. The molecule has 0 atom stereocenters. The molecule has 0 aliphatic heterocycles. The highest BCUT2D eigenvalue weighted by molar-refractivity contribution is 5.31. The molecule has 0 aliphatic carbocycles. The molecule has 0 aromatic heterocycles. The van der Waals surface area contributed by atoms with Crippen molar-refractivity contribution in [1.82, 2.24) is 0 Å². The summed E-state index contributed by atoms with van der Waals surface area (Å²) in [6.45, 7) is 12.9. The summed E-state index contributed by atoms with van der Waals surface area (Å²) in [5.41, 5.74) is 1.93. The summed E-state index contributed by atoms with van der Waals surface area (Å²) in [7, 11) is 0. The second-order valence-electron chi connectivity index (χ2n) is 13.1. The van der Waals surface area contributed by atoms with Gasteiger partial charge in [-0.3, -0.25) is 0 Å². The van der Waals surface area contributed by atoms with Crippen molar-refractivity contribution < 1.29 is 9.84 Å².